The number of nitrogens with two attached hydrogens (primary N) is 2. The summed E-state index contributed by atoms with van der Waals surface area (Å²) in [7, 11) is 1.81. The highest BCUT2D eigenvalue weighted by atomic mass is 16.1. The molecule has 0 aromatic rings. The summed E-state index contributed by atoms with van der Waals surface area (Å²) in [6, 6.07) is 0. The number of allylic oxidation sites excluding steroid dienone is 2. The van der Waals surface area contributed by atoms with Crippen molar-refractivity contribution in [2.75, 3.05) is 20.1 Å². The van der Waals surface area contributed by atoms with Crippen molar-refractivity contribution in [3.63, 3.8) is 0 Å². The van der Waals surface area contributed by atoms with E-state index in [0.29, 0.717) is 30.2 Å². The van der Waals surface area contributed by atoms with Gasteiger partial charge in [0, 0.05) is 31.0 Å². The second kappa shape index (κ2) is 12.8. The molecule has 0 saturated heterocycles. The van der Waals surface area contributed by atoms with Gasteiger partial charge in [0.1, 0.15) is 5.82 Å². The fraction of sp³-hybridized carbons (Fsp3) is 0.545. The van der Waals surface area contributed by atoms with E-state index in [-0.39, 0.29) is 5.54 Å². The van der Waals surface area contributed by atoms with E-state index in [4.69, 9.17) is 11.5 Å². The van der Waals surface area contributed by atoms with Crippen molar-refractivity contribution in [1.29, 1.82) is 0 Å². The molecule has 0 radical (unpaired) electrons. The first-order valence-electron chi connectivity index (χ1n) is 9.85. The van der Waals surface area contributed by atoms with Crippen molar-refractivity contribution in [2.45, 2.75) is 59.4 Å². The quantitative estimate of drug-likeness (QED) is 0.195. The maximum absolute atomic E-state index is 12.2. The largest absolute Gasteiger partial charge is 0.402 e. The summed E-state index contributed by atoms with van der Waals surface area (Å²) in [4.78, 5) is 18.7. The van der Waals surface area contributed by atoms with E-state index in [2.05, 4.69) is 42.6 Å². The Balaban J connectivity index is 6.04. The Labute approximate surface area is 171 Å². The Bertz CT molecular complexity index is 641. The number of hydrogen-bond donors (Lipinski definition) is 3. The zero-order valence-electron chi connectivity index (χ0n) is 18.5. The molecule has 0 fully saturated rings. The SMILES string of the molecule is C=C(C)CN(/C(NC)=C(/C=C\CN=CC=C(C)N)C(N)=O)C(C)(CC)CCC. The van der Waals surface area contributed by atoms with Gasteiger partial charge in [0.15, 0.2) is 0 Å². The molecule has 6 heteroatoms. The number of aliphatic imine (C=N–C) groups is 1. The van der Waals surface area contributed by atoms with Crippen LogP contribution in [0.25, 0.3) is 0 Å². The molecular formula is C22H39N5O. The fourth-order valence-electron chi connectivity index (χ4n) is 3.01. The highest BCUT2D eigenvalue weighted by Gasteiger charge is 2.32. The van der Waals surface area contributed by atoms with E-state index >= 15 is 0 Å². The third kappa shape index (κ3) is 8.46. The van der Waals surface area contributed by atoms with Crippen LogP contribution in [-0.2, 0) is 4.79 Å². The van der Waals surface area contributed by atoms with Crippen LogP contribution in [-0.4, -0.2) is 42.7 Å². The van der Waals surface area contributed by atoms with Crippen molar-refractivity contribution in [1.82, 2.24) is 10.2 Å². The monoisotopic (exact) mass is 389 g/mol. The van der Waals surface area contributed by atoms with Crippen LogP contribution in [0.2, 0.25) is 0 Å². The summed E-state index contributed by atoms with van der Waals surface area (Å²) in [5, 5.41) is 3.20. The van der Waals surface area contributed by atoms with Crippen molar-refractivity contribution >= 4 is 12.1 Å². The second-order valence-electron chi connectivity index (χ2n) is 7.35. The minimum atomic E-state index is -0.482. The molecular weight excluding hydrogens is 350 g/mol. The molecule has 0 saturated carbocycles. The Morgan fingerprint density at radius 1 is 1.29 bits per heavy atom. The number of amides is 1. The molecule has 0 rings (SSSR count). The van der Waals surface area contributed by atoms with Gasteiger partial charge in [-0.3, -0.25) is 9.79 Å². The smallest absolute Gasteiger partial charge is 0.252 e. The number of carbonyl (C=O) groups excluding carboxylic acids is 1. The minimum absolute atomic E-state index is 0.123. The van der Waals surface area contributed by atoms with E-state index in [1.807, 2.05) is 20.0 Å². The molecule has 0 heterocycles. The number of carbonyl (C=O) groups is 1. The van der Waals surface area contributed by atoms with Gasteiger partial charge in [-0.1, -0.05) is 38.5 Å². The van der Waals surface area contributed by atoms with Crippen molar-refractivity contribution in [3.8, 4) is 0 Å². The second-order valence-corrected chi connectivity index (χ2v) is 7.35. The molecule has 0 spiro atoms. The summed E-state index contributed by atoms with van der Waals surface area (Å²) in [5.74, 6) is 0.232. The van der Waals surface area contributed by atoms with Gasteiger partial charge < -0.3 is 21.7 Å². The topological polar surface area (TPSA) is 96.7 Å². The highest BCUT2D eigenvalue weighted by Crippen LogP contribution is 2.30. The van der Waals surface area contributed by atoms with Gasteiger partial charge in [-0.15, -0.1) is 0 Å². The Morgan fingerprint density at radius 2 is 1.93 bits per heavy atom. The van der Waals surface area contributed by atoms with Crippen LogP contribution in [0.1, 0.15) is 53.9 Å². The third-order valence-electron chi connectivity index (χ3n) is 4.60. The Kier molecular flexibility index (Phi) is 11.7. The summed E-state index contributed by atoms with van der Waals surface area (Å²) in [6.07, 6.45) is 9.89. The van der Waals surface area contributed by atoms with Gasteiger partial charge in [0.25, 0.3) is 5.91 Å². The first-order valence-corrected chi connectivity index (χ1v) is 9.85. The molecule has 5 N–H and O–H groups in total. The highest BCUT2D eigenvalue weighted by molar-refractivity contribution is 5.95. The third-order valence-corrected chi connectivity index (χ3v) is 4.60. The lowest BCUT2D eigenvalue weighted by atomic mass is 9.89. The van der Waals surface area contributed by atoms with Crippen molar-refractivity contribution < 1.29 is 4.79 Å². The lowest BCUT2D eigenvalue weighted by Crippen LogP contribution is -2.49. The summed E-state index contributed by atoms with van der Waals surface area (Å²) in [6.45, 7) is 15.5. The first-order chi connectivity index (χ1) is 13.1. The summed E-state index contributed by atoms with van der Waals surface area (Å²) >= 11 is 0. The maximum Gasteiger partial charge on any atom is 0.252 e. The molecule has 1 amide bonds. The van der Waals surface area contributed by atoms with E-state index in [9.17, 15) is 4.79 Å². The number of primary amides is 1. The van der Waals surface area contributed by atoms with Gasteiger partial charge in [-0.25, -0.2) is 0 Å². The van der Waals surface area contributed by atoms with Crippen LogP contribution in [0.3, 0.4) is 0 Å². The van der Waals surface area contributed by atoms with Crippen LogP contribution in [0.5, 0.6) is 0 Å². The lowest BCUT2D eigenvalue weighted by molar-refractivity contribution is -0.114. The molecule has 158 valence electrons. The molecule has 1 unspecified atom stereocenters. The van der Waals surface area contributed by atoms with E-state index in [0.717, 1.165) is 24.8 Å². The van der Waals surface area contributed by atoms with E-state index in [1.54, 1.807) is 25.3 Å². The van der Waals surface area contributed by atoms with Crippen LogP contribution in [0.15, 0.2) is 52.5 Å². The molecule has 0 aliphatic carbocycles. The molecule has 0 bridgehead atoms. The molecule has 0 aromatic heterocycles. The molecule has 6 nitrogen and oxygen atoms in total. The number of nitrogens with zero attached hydrogens (tertiary/aromatic N) is 2. The number of rotatable bonds is 13. The molecule has 0 aromatic carbocycles. The zero-order valence-corrected chi connectivity index (χ0v) is 18.5. The van der Waals surface area contributed by atoms with Crippen LogP contribution in [0, 0.1) is 0 Å². The van der Waals surface area contributed by atoms with Gasteiger partial charge in [-0.2, -0.15) is 0 Å². The molecule has 0 aliphatic heterocycles. The van der Waals surface area contributed by atoms with Crippen LogP contribution in [0.4, 0.5) is 0 Å². The first kappa shape index (κ1) is 25.5. The van der Waals surface area contributed by atoms with Crippen molar-refractivity contribution in [2.24, 2.45) is 16.5 Å². The average Bonchev–Trinajstić information content (AvgIpc) is 2.61. The van der Waals surface area contributed by atoms with Gasteiger partial charge in [-0.05, 0) is 45.8 Å². The average molecular weight is 390 g/mol. The minimum Gasteiger partial charge on any atom is -0.402 e. The van der Waals surface area contributed by atoms with E-state index in [1.165, 1.54) is 0 Å². The Hall–Kier alpha value is -2.50. The predicted molar refractivity (Wildman–Crippen MR) is 121 cm³/mol. The molecule has 1 atom stereocenters. The van der Waals surface area contributed by atoms with Crippen molar-refractivity contribution in [3.05, 3.63) is 47.5 Å². The normalized spacial score (nSPS) is 15.4. The van der Waals surface area contributed by atoms with E-state index < -0.39 is 5.91 Å². The summed E-state index contributed by atoms with van der Waals surface area (Å²) < 4.78 is 0. The van der Waals surface area contributed by atoms with Gasteiger partial charge in [0.05, 0.1) is 12.1 Å². The fourth-order valence-corrected chi connectivity index (χ4v) is 3.01. The predicted octanol–water partition coefficient (Wildman–Crippen LogP) is 3.24. The zero-order chi connectivity index (χ0) is 21.7. The number of nitrogens with one attached hydrogen (secondary N) is 1. The molecule has 28 heavy (non-hydrogen) atoms. The number of hydrogen-bond acceptors (Lipinski definition) is 5. The lowest BCUT2D eigenvalue weighted by Gasteiger charge is -2.44. The van der Waals surface area contributed by atoms with Gasteiger partial charge >= 0.3 is 0 Å². The van der Waals surface area contributed by atoms with Gasteiger partial charge in [0.2, 0.25) is 0 Å². The van der Waals surface area contributed by atoms with Crippen LogP contribution < -0.4 is 16.8 Å². The maximum atomic E-state index is 12.2. The molecule has 0 aliphatic rings. The van der Waals surface area contributed by atoms with Crippen LogP contribution >= 0.6 is 0 Å². The standard InChI is InChI=1S/C22H39N5O/c1-8-13-22(6,9-2)27(16-17(3)4)21(25-7)19(20(24)28)11-10-14-26-15-12-18(5)23/h10-12,15,25H,3,8-9,13-14,16,23H2,1-2,4-7H3,(H2,24,28)/b11-10-,18-12?,21-19-,26-15?. The summed E-state index contributed by atoms with van der Waals surface area (Å²) in [5.41, 5.74) is 13.3. The Morgan fingerprint density at radius 3 is 2.36 bits per heavy atom.